The topological polar surface area (TPSA) is 101 Å². The molecule has 0 aliphatic heterocycles. The van der Waals surface area contributed by atoms with E-state index in [1.807, 2.05) is 50.2 Å². The van der Waals surface area contributed by atoms with E-state index in [4.69, 9.17) is 10.6 Å². The molecule has 0 aliphatic carbocycles. The van der Waals surface area contributed by atoms with Gasteiger partial charge in [-0.2, -0.15) is 0 Å². The van der Waals surface area contributed by atoms with Gasteiger partial charge in [0.25, 0.3) is 5.91 Å². The number of carbonyl (C=O) groups excluding carboxylic acids is 2. The summed E-state index contributed by atoms with van der Waals surface area (Å²) in [7, 11) is 0. The Labute approximate surface area is 165 Å². The van der Waals surface area contributed by atoms with Crippen LogP contribution in [0.1, 0.15) is 25.0 Å². The van der Waals surface area contributed by atoms with E-state index >= 15 is 0 Å². The van der Waals surface area contributed by atoms with Crippen molar-refractivity contribution in [3.63, 3.8) is 0 Å². The number of nitrogens with zero attached hydrogens (tertiary/aromatic N) is 3. The van der Waals surface area contributed by atoms with Crippen LogP contribution >= 0.6 is 0 Å². The number of pyridine rings is 1. The Bertz CT molecular complexity index is 740. The van der Waals surface area contributed by atoms with E-state index in [1.54, 1.807) is 18.5 Å². The van der Waals surface area contributed by atoms with Crippen molar-refractivity contribution in [3.8, 4) is 0 Å². The van der Waals surface area contributed by atoms with Crippen molar-refractivity contribution in [2.24, 2.45) is 11.8 Å². The highest BCUT2D eigenvalue weighted by molar-refractivity contribution is 5.80. The lowest BCUT2D eigenvalue weighted by Crippen LogP contribution is -2.51. The molecule has 0 saturated heterocycles. The molecule has 0 aliphatic rings. The first kappa shape index (κ1) is 21.3. The van der Waals surface area contributed by atoms with Gasteiger partial charge in [0.1, 0.15) is 6.61 Å². The molecule has 150 valence electrons. The molecule has 2 rings (SSSR count). The van der Waals surface area contributed by atoms with Gasteiger partial charge >= 0.3 is 6.09 Å². The summed E-state index contributed by atoms with van der Waals surface area (Å²) >= 11 is 0. The molecule has 8 heteroatoms. The molecule has 0 unspecified atom stereocenters. The smallest absolute Gasteiger partial charge is 0.426 e. The van der Waals surface area contributed by atoms with Gasteiger partial charge in [-0.1, -0.05) is 50.2 Å². The van der Waals surface area contributed by atoms with Gasteiger partial charge in [0.05, 0.1) is 13.1 Å². The molecule has 0 atom stereocenters. The number of nitrogens with two attached hydrogens (primary N) is 1. The second-order valence-corrected chi connectivity index (χ2v) is 6.84. The first-order chi connectivity index (χ1) is 13.4. The van der Waals surface area contributed by atoms with Crippen LogP contribution in [0.25, 0.3) is 0 Å². The Kier molecular flexibility index (Phi) is 8.38. The van der Waals surface area contributed by atoms with Gasteiger partial charge in [0.2, 0.25) is 0 Å². The predicted octanol–water partition coefficient (Wildman–Crippen LogP) is 2.08. The molecule has 2 aromatic rings. The van der Waals surface area contributed by atoms with Crippen molar-refractivity contribution in [2.45, 2.75) is 27.0 Å². The molecule has 0 bridgehead atoms. The molecule has 3 N–H and O–H groups in total. The fraction of sp³-hybridized carbons (Fsp3) is 0.350. The second-order valence-electron chi connectivity index (χ2n) is 6.84. The summed E-state index contributed by atoms with van der Waals surface area (Å²) in [5.41, 5.74) is 4.13. The minimum atomic E-state index is -0.714. The Morgan fingerprint density at radius 3 is 2.50 bits per heavy atom. The second kappa shape index (κ2) is 11.0. The number of ether oxygens (including phenoxy) is 1. The van der Waals surface area contributed by atoms with E-state index in [1.165, 1.54) is 10.0 Å². The summed E-state index contributed by atoms with van der Waals surface area (Å²) < 4.78 is 5.21. The van der Waals surface area contributed by atoms with Crippen molar-refractivity contribution in [1.29, 1.82) is 0 Å². The van der Waals surface area contributed by atoms with Crippen LogP contribution in [0, 0.1) is 5.92 Å². The molecule has 0 spiro atoms. The van der Waals surface area contributed by atoms with Gasteiger partial charge in [-0.25, -0.2) is 20.2 Å². The third kappa shape index (κ3) is 7.73. The number of nitrogens with one attached hydrogen (secondary N) is 1. The SMILES string of the molecule is CC(C)CN(N)CC(=O)N(Cc1cccnc1)NC(=O)OCc1ccccc1. The quantitative estimate of drug-likeness (QED) is 0.533. The number of hydrogen-bond acceptors (Lipinski definition) is 6. The Morgan fingerprint density at radius 2 is 1.86 bits per heavy atom. The lowest BCUT2D eigenvalue weighted by molar-refractivity contribution is -0.136. The highest BCUT2D eigenvalue weighted by Gasteiger charge is 2.20. The summed E-state index contributed by atoms with van der Waals surface area (Å²) in [4.78, 5) is 28.9. The third-order valence-electron chi connectivity index (χ3n) is 3.74. The Hall–Kier alpha value is -2.97. The summed E-state index contributed by atoms with van der Waals surface area (Å²) in [6.45, 7) is 4.82. The predicted molar refractivity (Wildman–Crippen MR) is 105 cm³/mol. The fourth-order valence-corrected chi connectivity index (χ4v) is 2.52. The van der Waals surface area contributed by atoms with E-state index in [0.717, 1.165) is 11.1 Å². The maximum absolute atomic E-state index is 12.7. The average Bonchev–Trinajstić information content (AvgIpc) is 2.67. The molecule has 2 amide bonds. The molecule has 28 heavy (non-hydrogen) atoms. The maximum atomic E-state index is 12.7. The van der Waals surface area contributed by atoms with Gasteiger partial charge in [0, 0.05) is 18.9 Å². The molecule has 0 saturated carbocycles. The minimum absolute atomic E-state index is 0.0303. The van der Waals surface area contributed by atoms with Gasteiger partial charge in [0.15, 0.2) is 0 Å². The number of carbonyl (C=O) groups is 2. The van der Waals surface area contributed by atoms with Crippen molar-refractivity contribution in [2.75, 3.05) is 13.1 Å². The van der Waals surface area contributed by atoms with E-state index in [2.05, 4.69) is 10.4 Å². The number of hydrazine groups is 2. The van der Waals surface area contributed by atoms with Crippen molar-refractivity contribution < 1.29 is 14.3 Å². The number of amides is 2. The highest BCUT2D eigenvalue weighted by Crippen LogP contribution is 2.04. The van der Waals surface area contributed by atoms with Crippen LogP contribution in [0.4, 0.5) is 4.79 Å². The minimum Gasteiger partial charge on any atom is -0.443 e. The van der Waals surface area contributed by atoms with Gasteiger partial charge in [-0.15, -0.1) is 0 Å². The molecular formula is C20H27N5O3. The zero-order chi connectivity index (χ0) is 20.4. The monoisotopic (exact) mass is 385 g/mol. The zero-order valence-electron chi connectivity index (χ0n) is 16.2. The number of benzene rings is 1. The zero-order valence-corrected chi connectivity index (χ0v) is 16.2. The van der Waals surface area contributed by atoms with Gasteiger partial charge in [-0.05, 0) is 23.1 Å². The molecule has 1 heterocycles. The summed E-state index contributed by atoms with van der Waals surface area (Å²) in [6.07, 6.45) is 2.56. The van der Waals surface area contributed by atoms with Crippen LogP contribution in [0.3, 0.4) is 0 Å². The lowest BCUT2D eigenvalue weighted by Gasteiger charge is -2.26. The average molecular weight is 385 g/mol. The van der Waals surface area contributed by atoms with E-state index in [0.29, 0.717) is 12.5 Å². The number of hydrogen-bond donors (Lipinski definition) is 2. The van der Waals surface area contributed by atoms with E-state index < -0.39 is 6.09 Å². The van der Waals surface area contributed by atoms with Crippen LogP contribution < -0.4 is 11.3 Å². The molecule has 8 nitrogen and oxygen atoms in total. The third-order valence-corrected chi connectivity index (χ3v) is 3.74. The van der Waals surface area contributed by atoms with Crippen LogP contribution in [-0.4, -0.2) is 40.1 Å². The molecule has 1 aromatic heterocycles. The highest BCUT2D eigenvalue weighted by atomic mass is 16.6. The molecular weight excluding hydrogens is 358 g/mol. The lowest BCUT2D eigenvalue weighted by atomic mass is 10.2. The van der Waals surface area contributed by atoms with Crippen molar-refractivity contribution >= 4 is 12.0 Å². The van der Waals surface area contributed by atoms with Crippen LogP contribution in [0.15, 0.2) is 54.9 Å². The summed E-state index contributed by atoms with van der Waals surface area (Å²) in [5.74, 6) is 5.87. The van der Waals surface area contributed by atoms with E-state index in [-0.39, 0.29) is 25.6 Å². The van der Waals surface area contributed by atoms with Crippen LogP contribution in [0.5, 0.6) is 0 Å². The van der Waals surface area contributed by atoms with Gasteiger partial charge in [-0.3, -0.25) is 15.6 Å². The van der Waals surface area contributed by atoms with Crippen LogP contribution in [-0.2, 0) is 22.7 Å². The van der Waals surface area contributed by atoms with Crippen LogP contribution in [0.2, 0.25) is 0 Å². The maximum Gasteiger partial charge on any atom is 0.426 e. The number of rotatable bonds is 8. The van der Waals surface area contributed by atoms with Gasteiger partial charge < -0.3 is 4.74 Å². The first-order valence-electron chi connectivity index (χ1n) is 9.10. The largest absolute Gasteiger partial charge is 0.443 e. The van der Waals surface area contributed by atoms with E-state index in [9.17, 15) is 9.59 Å². The number of aromatic nitrogens is 1. The Morgan fingerprint density at radius 1 is 1.14 bits per heavy atom. The fourth-order valence-electron chi connectivity index (χ4n) is 2.52. The summed E-state index contributed by atoms with van der Waals surface area (Å²) in [6, 6.07) is 12.9. The molecule has 0 radical (unpaired) electrons. The molecule has 0 fully saturated rings. The van der Waals surface area contributed by atoms with Crippen molar-refractivity contribution in [3.05, 3.63) is 66.0 Å². The molecule has 1 aromatic carbocycles. The first-order valence-corrected chi connectivity index (χ1v) is 9.10. The van der Waals surface area contributed by atoms with Crippen molar-refractivity contribution in [1.82, 2.24) is 20.4 Å². The normalized spacial score (nSPS) is 10.8. The standard InChI is InChI=1S/C20H27N5O3/c1-16(2)12-24(21)14-19(26)25(13-18-9-6-10-22-11-18)23-20(27)28-15-17-7-4-3-5-8-17/h3-11,16H,12-15,21H2,1-2H3,(H,23,27). The Balaban J connectivity index is 1.98. The summed E-state index contributed by atoms with van der Waals surface area (Å²) in [5, 5.41) is 2.63.